The molecule has 0 atom stereocenters. The van der Waals surface area contributed by atoms with Gasteiger partial charge in [0.1, 0.15) is 12.4 Å². The second-order valence-corrected chi connectivity index (χ2v) is 6.86. The van der Waals surface area contributed by atoms with Crippen LogP contribution in [0.15, 0.2) is 51.8 Å². The van der Waals surface area contributed by atoms with Crippen molar-refractivity contribution < 1.29 is 22.3 Å². The largest absolute Gasteiger partial charge is 0.457 e. The molecule has 0 aliphatic rings. The van der Waals surface area contributed by atoms with Gasteiger partial charge in [0.05, 0.1) is 10.5 Å². The number of primary sulfonamides is 1. The Morgan fingerprint density at radius 1 is 1.18 bits per heavy atom. The van der Waals surface area contributed by atoms with Gasteiger partial charge in [-0.05, 0) is 36.4 Å². The number of ether oxygens (including phenoxy) is 1. The highest BCUT2D eigenvalue weighted by molar-refractivity contribution is 9.10. The first-order valence-electron chi connectivity index (χ1n) is 6.01. The fourth-order valence-corrected chi connectivity index (χ4v) is 2.49. The molecule has 0 unspecified atom stereocenters. The van der Waals surface area contributed by atoms with Crippen molar-refractivity contribution >= 4 is 31.9 Å². The van der Waals surface area contributed by atoms with Gasteiger partial charge in [-0.1, -0.05) is 22.0 Å². The summed E-state index contributed by atoms with van der Waals surface area (Å²) >= 11 is 3.13. The van der Waals surface area contributed by atoms with Crippen LogP contribution in [0, 0.1) is 5.82 Å². The molecule has 0 aliphatic carbocycles. The van der Waals surface area contributed by atoms with Crippen LogP contribution in [0.2, 0.25) is 0 Å². The van der Waals surface area contributed by atoms with E-state index in [1.54, 1.807) is 6.07 Å². The van der Waals surface area contributed by atoms with Crippen LogP contribution in [0.5, 0.6) is 0 Å². The predicted octanol–water partition coefficient (Wildman–Crippen LogP) is 2.59. The van der Waals surface area contributed by atoms with E-state index in [0.29, 0.717) is 4.47 Å². The lowest BCUT2D eigenvalue weighted by atomic mass is 10.2. The first-order valence-corrected chi connectivity index (χ1v) is 8.35. The summed E-state index contributed by atoms with van der Waals surface area (Å²) in [5, 5.41) is 4.96. The van der Waals surface area contributed by atoms with Crippen molar-refractivity contribution in [2.24, 2.45) is 5.14 Å². The first-order chi connectivity index (χ1) is 10.3. The zero-order valence-electron chi connectivity index (χ0n) is 11.1. The number of esters is 1. The third-order valence-corrected chi connectivity index (χ3v) is 4.21. The first kappa shape index (κ1) is 16.6. The van der Waals surface area contributed by atoms with E-state index in [4.69, 9.17) is 9.88 Å². The fourth-order valence-electron chi connectivity index (χ4n) is 1.65. The Balaban J connectivity index is 2.06. The lowest BCUT2D eigenvalue weighted by molar-refractivity contribution is 0.0469. The average molecular weight is 388 g/mol. The van der Waals surface area contributed by atoms with Gasteiger partial charge >= 0.3 is 5.97 Å². The van der Waals surface area contributed by atoms with Crippen molar-refractivity contribution in [3.8, 4) is 0 Å². The van der Waals surface area contributed by atoms with Gasteiger partial charge in [-0.2, -0.15) is 0 Å². The molecule has 0 bridgehead atoms. The molecule has 0 fully saturated rings. The van der Waals surface area contributed by atoms with Gasteiger partial charge in [0, 0.05) is 10.0 Å². The number of benzene rings is 2. The molecule has 116 valence electrons. The minimum Gasteiger partial charge on any atom is -0.457 e. The lowest BCUT2D eigenvalue weighted by Gasteiger charge is -2.07. The zero-order chi connectivity index (χ0) is 16.3. The highest BCUT2D eigenvalue weighted by Crippen LogP contribution is 2.17. The predicted molar refractivity (Wildman–Crippen MR) is 81.0 cm³/mol. The molecule has 0 radical (unpaired) electrons. The molecule has 5 nitrogen and oxygen atoms in total. The maximum absolute atomic E-state index is 13.6. The van der Waals surface area contributed by atoms with Crippen LogP contribution >= 0.6 is 15.9 Å². The molecule has 0 aromatic heterocycles. The number of sulfonamides is 1. The van der Waals surface area contributed by atoms with Gasteiger partial charge < -0.3 is 4.74 Å². The van der Waals surface area contributed by atoms with Crippen molar-refractivity contribution in [1.82, 2.24) is 0 Å². The number of carbonyl (C=O) groups excluding carboxylic acids is 1. The Labute approximate surface area is 135 Å². The Bertz CT molecular complexity index is 806. The standard InChI is InChI=1S/C14H11BrFNO4S/c15-11-4-1-10(13(16)7-11)8-21-14(18)9-2-5-12(6-3-9)22(17,19)20/h1-7H,8H2,(H2,17,19,20). The van der Waals surface area contributed by atoms with E-state index < -0.39 is 21.8 Å². The van der Waals surface area contributed by atoms with Crippen LogP contribution in [0.25, 0.3) is 0 Å². The molecular weight excluding hydrogens is 377 g/mol. The molecule has 0 saturated heterocycles. The van der Waals surface area contributed by atoms with Crippen molar-refractivity contribution in [3.63, 3.8) is 0 Å². The van der Waals surface area contributed by atoms with Crippen molar-refractivity contribution in [3.05, 3.63) is 63.9 Å². The van der Waals surface area contributed by atoms with Crippen molar-refractivity contribution in [1.29, 1.82) is 0 Å². The maximum atomic E-state index is 13.6. The third-order valence-electron chi connectivity index (χ3n) is 2.79. The third kappa shape index (κ3) is 4.12. The summed E-state index contributed by atoms with van der Waals surface area (Å²) in [6.07, 6.45) is 0. The molecule has 0 amide bonds. The van der Waals surface area contributed by atoms with Crippen LogP contribution in [0.4, 0.5) is 4.39 Å². The normalized spacial score (nSPS) is 11.2. The Hall–Kier alpha value is -1.77. The molecule has 2 aromatic carbocycles. The number of rotatable bonds is 4. The van der Waals surface area contributed by atoms with Gasteiger partial charge in [0.15, 0.2) is 0 Å². The number of carbonyl (C=O) groups is 1. The molecule has 0 aliphatic heterocycles. The number of halogens is 2. The average Bonchev–Trinajstić information content (AvgIpc) is 2.45. The molecule has 2 aromatic rings. The van der Waals surface area contributed by atoms with Crippen molar-refractivity contribution in [2.75, 3.05) is 0 Å². The minimum atomic E-state index is -3.82. The lowest BCUT2D eigenvalue weighted by Crippen LogP contribution is -2.12. The molecule has 0 heterocycles. The summed E-state index contributed by atoms with van der Waals surface area (Å²) in [7, 11) is -3.82. The summed E-state index contributed by atoms with van der Waals surface area (Å²) in [6.45, 7) is -0.227. The van der Waals surface area contributed by atoms with Crippen LogP contribution < -0.4 is 5.14 Å². The number of nitrogens with two attached hydrogens (primary N) is 1. The van der Waals surface area contributed by atoms with Gasteiger partial charge in [-0.3, -0.25) is 0 Å². The Kier molecular flexibility index (Phi) is 4.94. The molecule has 8 heteroatoms. The van der Waals surface area contributed by atoms with Crippen LogP contribution in [-0.4, -0.2) is 14.4 Å². The van der Waals surface area contributed by atoms with Gasteiger partial charge in [-0.25, -0.2) is 22.7 Å². The number of hydrogen-bond donors (Lipinski definition) is 1. The molecule has 0 spiro atoms. The Morgan fingerprint density at radius 3 is 2.36 bits per heavy atom. The summed E-state index contributed by atoms with van der Waals surface area (Å²) in [5.41, 5.74) is 0.377. The van der Waals surface area contributed by atoms with E-state index in [1.807, 2.05) is 0 Å². The Morgan fingerprint density at radius 2 is 1.82 bits per heavy atom. The quantitative estimate of drug-likeness (QED) is 0.816. The highest BCUT2D eigenvalue weighted by Gasteiger charge is 2.12. The second kappa shape index (κ2) is 6.55. The van der Waals surface area contributed by atoms with E-state index >= 15 is 0 Å². The van der Waals surface area contributed by atoms with Gasteiger partial charge in [0.25, 0.3) is 0 Å². The summed E-state index contributed by atoms with van der Waals surface area (Å²) < 4.78 is 41.4. The molecule has 22 heavy (non-hydrogen) atoms. The van der Waals surface area contributed by atoms with E-state index in [2.05, 4.69) is 15.9 Å². The highest BCUT2D eigenvalue weighted by atomic mass is 79.9. The van der Waals surface area contributed by atoms with Crippen LogP contribution in [0.3, 0.4) is 0 Å². The molecule has 2 N–H and O–H groups in total. The topological polar surface area (TPSA) is 86.5 Å². The maximum Gasteiger partial charge on any atom is 0.338 e. The monoisotopic (exact) mass is 387 g/mol. The van der Waals surface area contributed by atoms with E-state index in [-0.39, 0.29) is 22.6 Å². The molecule has 0 saturated carbocycles. The van der Waals surface area contributed by atoms with E-state index in [1.165, 1.54) is 36.4 Å². The second-order valence-electron chi connectivity index (χ2n) is 4.38. The van der Waals surface area contributed by atoms with Gasteiger partial charge in [-0.15, -0.1) is 0 Å². The minimum absolute atomic E-state index is 0.108. The summed E-state index contributed by atoms with van der Waals surface area (Å²) in [6, 6.07) is 9.35. The number of hydrogen-bond acceptors (Lipinski definition) is 4. The fraction of sp³-hybridized carbons (Fsp3) is 0.0714. The van der Waals surface area contributed by atoms with E-state index in [0.717, 1.165) is 0 Å². The van der Waals surface area contributed by atoms with Crippen molar-refractivity contribution in [2.45, 2.75) is 11.5 Å². The van der Waals surface area contributed by atoms with E-state index in [9.17, 15) is 17.6 Å². The summed E-state index contributed by atoms with van der Waals surface area (Å²) in [5.74, 6) is -1.19. The smallest absolute Gasteiger partial charge is 0.338 e. The molecule has 2 rings (SSSR count). The zero-order valence-corrected chi connectivity index (χ0v) is 13.5. The SMILES string of the molecule is NS(=O)(=O)c1ccc(C(=O)OCc2ccc(Br)cc2F)cc1. The molecular formula is C14H11BrFNO4S. The van der Waals surface area contributed by atoms with Gasteiger partial charge in [0.2, 0.25) is 10.0 Å². The summed E-state index contributed by atoms with van der Waals surface area (Å²) in [4.78, 5) is 11.7. The van der Waals surface area contributed by atoms with Crippen LogP contribution in [0.1, 0.15) is 15.9 Å². The van der Waals surface area contributed by atoms with Crippen LogP contribution in [-0.2, 0) is 21.4 Å².